The van der Waals surface area contributed by atoms with Crippen molar-refractivity contribution in [3.8, 4) is 23.0 Å². The summed E-state index contributed by atoms with van der Waals surface area (Å²) >= 11 is 0. The summed E-state index contributed by atoms with van der Waals surface area (Å²) in [6, 6.07) is 4.00. The van der Waals surface area contributed by atoms with Crippen LogP contribution in [0.5, 0.6) is 11.5 Å². The quantitative estimate of drug-likeness (QED) is 0.706. The lowest BCUT2D eigenvalue weighted by atomic mass is 10.2. The van der Waals surface area contributed by atoms with Crippen LogP contribution in [0.25, 0.3) is 11.5 Å². The smallest absolute Gasteiger partial charge is 0.258 e. The highest BCUT2D eigenvalue weighted by atomic mass is 16.5. The molecule has 0 bridgehead atoms. The molecule has 0 fully saturated rings. The fourth-order valence-corrected chi connectivity index (χ4v) is 1.29. The normalized spacial score (nSPS) is 10.6. The summed E-state index contributed by atoms with van der Waals surface area (Å²) in [6.07, 6.45) is 0.300. The molecule has 0 saturated heterocycles. The molecule has 0 aliphatic carbocycles. The third kappa shape index (κ3) is 2.12. The van der Waals surface area contributed by atoms with Crippen molar-refractivity contribution >= 4 is 0 Å². The fraction of sp³-hybridized carbons (Fsp3) is 0.200. The minimum atomic E-state index is -0.0862. The summed E-state index contributed by atoms with van der Waals surface area (Å²) < 4.78 is 4.92. The number of aliphatic hydroxyl groups excluding tert-OH is 1. The largest absolute Gasteiger partial charge is 0.508 e. The first-order valence-electron chi connectivity index (χ1n) is 4.66. The van der Waals surface area contributed by atoms with Crippen LogP contribution in [0.15, 0.2) is 22.7 Å². The standard InChI is InChI=1S/C10H10N2O4/c13-2-1-9-11-10(16-12-9)6-3-7(14)5-8(15)4-6/h3-5,13-15H,1-2H2. The van der Waals surface area contributed by atoms with Gasteiger partial charge in [-0.1, -0.05) is 5.16 Å². The van der Waals surface area contributed by atoms with Gasteiger partial charge in [-0.05, 0) is 12.1 Å². The first-order valence-corrected chi connectivity index (χ1v) is 4.66. The van der Waals surface area contributed by atoms with E-state index in [1.165, 1.54) is 18.2 Å². The lowest BCUT2D eigenvalue weighted by molar-refractivity contribution is 0.293. The van der Waals surface area contributed by atoms with Crippen LogP contribution in [0.4, 0.5) is 0 Å². The van der Waals surface area contributed by atoms with Gasteiger partial charge in [-0.3, -0.25) is 0 Å². The van der Waals surface area contributed by atoms with E-state index in [4.69, 9.17) is 9.63 Å². The average molecular weight is 222 g/mol. The van der Waals surface area contributed by atoms with E-state index in [1.807, 2.05) is 0 Å². The van der Waals surface area contributed by atoms with E-state index in [0.29, 0.717) is 17.8 Å². The Balaban J connectivity index is 2.34. The number of phenolic OH excluding ortho intramolecular Hbond substituents is 2. The molecule has 2 rings (SSSR count). The average Bonchev–Trinajstić information content (AvgIpc) is 2.65. The molecule has 2 aromatic rings. The number of rotatable bonds is 3. The molecule has 0 aliphatic heterocycles. The van der Waals surface area contributed by atoms with Gasteiger partial charge in [0.15, 0.2) is 5.82 Å². The molecule has 3 N–H and O–H groups in total. The molecule has 0 spiro atoms. The Bertz CT molecular complexity index is 475. The molecule has 0 aliphatic rings. The van der Waals surface area contributed by atoms with E-state index in [9.17, 15) is 10.2 Å². The maximum Gasteiger partial charge on any atom is 0.258 e. The van der Waals surface area contributed by atoms with Crippen molar-refractivity contribution in [2.24, 2.45) is 0 Å². The van der Waals surface area contributed by atoms with Crippen molar-refractivity contribution in [2.75, 3.05) is 6.61 Å². The summed E-state index contributed by atoms with van der Waals surface area (Å²) in [5.74, 6) is 0.392. The van der Waals surface area contributed by atoms with Crippen molar-refractivity contribution in [1.29, 1.82) is 0 Å². The summed E-state index contributed by atoms with van der Waals surface area (Å²) in [6.45, 7) is -0.0652. The van der Waals surface area contributed by atoms with E-state index >= 15 is 0 Å². The SMILES string of the molecule is OCCc1noc(-c2cc(O)cc(O)c2)n1. The second-order valence-electron chi connectivity index (χ2n) is 3.23. The molecule has 6 heteroatoms. The zero-order valence-electron chi connectivity index (χ0n) is 8.29. The predicted octanol–water partition coefficient (Wildman–Crippen LogP) is 0.683. The Morgan fingerprint density at radius 1 is 1.12 bits per heavy atom. The Kier molecular flexibility index (Phi) is 2.74. The number of aromatic nitrogens is 2. The summed E-state index contributed by atoms with van der Waals surface area (Å²) in [7, 11) is 0. The van der Waals surface area contributed by atoms with Crippen LogP contribution in [-0.2, 0) is 6.42 Å². The molecule has 84 valence electrons. The highest BCUT2D eigenvalue weighted by molar-refractivity contribution is 5.58. The van der Waals surface area contributed by atoms with Crippen LogP contribution >= 0.6 is 0 Å². The van der Waals surface area contributed by atoms with Crippen LogP contribution < -0.4 is 0 Å². The van der Waals surface area contributed by atoms with Crippen LogP contribution in [0, 0.1) is 0 Å². The highest BCUT2D eigenvalue weighted by Gasteiger charge is 2.10. The van der Waals surface area contributed by atoms with Crippen molar-refractivity contribution in [3.05, 3.63) is 24.0 Å². The van der Waals surface area contributed by atoms with Gasteiger partial charge in [-0.2, -0.15) is 4.98 Å². The van der Waals surface area contributed by atoms with Gasteiger partial charge in [-0.15, -0.1) is 0 Å². The lowest BCUT2D eigenvalue weighted by Gasteiger charge is -1.97. The number of phenols is 2. The summed E-state index contributed by atoms with van der Waals surface area (Å²) in [4.78, 5) is 3.99. The maximum absolute atomic E-state index is 9.28. The van der Waals surface area contributed by atoms with Gasteiger partial charge in [-0.25, -0.2) is 0 Å². The van der Waals surface area contributed by atoms with Crippen LogP contribution in [0.2, 0.25) is 0 Å². The van der Waals surface area contributed by atoms with E-state index in [1.54, 1.807) is 0 Å². The summed E-state index contributed by atoms with van der Waals surface area (Å²) in [5, 5.41) is 30.9. The van der Waals surface area contributed by atoms with Crippen molar-refractivity contribution in [1.82, 2.24) is 10.1 Å². The molecule has 16 heavy (non-hydrogen) atoms. The minimum absolute atomic E-state index is 0.0652. The summed E-state index contributed by atoms with van der Waals surface area (Å²) in [5.41, 5.74) is 0.425. The van der Waals surface area contributed by atoms with Gasteiger partial charge < -0.3 is 19.8 Å². The zero-order chi connectivity index (χ0) is 11.5. The Hall–Kier alpha value is -2.08. The molecular weight excluding hydrogens is 212 g/mol. The van der Waals surface area contributed by atoms with Gasteiger partial charge >= 0.3 is 0 Å². The molecular formula is C10H10N2O4. The molecule has 0 saturated carbocycles. The number of nitrogens with zero attached hydrogens (tertiary/aromatic N) is 2. The van der Waals surface area contributed by atoms with Gasteiger partial charge in [0, 0.05) is 18.1 Å². The topological polar surface area (TPSA) is 99.6 Å². The molecule has 0 radical (unpaired) electrons. The second-order valence-corrected chi connectivity index (χ2v) is 3.23. The number of aliphatic hydroxyl groups is 1. The van der Waals surface area contributed by atoms with Crippen LogP contribution in [0.3, 0.4) is 0 Å². The van der Waals surface area contributed by atoms with E-state index in [0.717, 1.165) is 0 Å². The Morgan fingerprint density at radius 3 is 2.44 bits per heavy atom. The van der Waals surface area contributed by atoms with E-state index in [2.05, 4.69) is 10.1 Å². The third-order valence-corrected chi connectivity index (χ3v) is 1.95. The molecule has 1 aromatic heterocycles. The minimum Gasteiger partial charge on any atom is -0.508 e. The lowest BCUT2D eigenvalue weighted by Crippen LogP contribution is -1.92. The van der Waals surface area contributed by atoms with Gasteiger partial charge in [0.25, 0.3) is 5.89 Å². The van der Waals surface area contributed by atoms with Gasteiger partial charge in [0.1, 0.15) is 11.5 Å². The molecule has 1 heterocycles. The predicted molar refractivity (Wildman–Crippen MR) is 53.9 cm³/mol. The van der Waals surface area contributed by atoms with E-state index in [-0.39, 0.29) is 24.0 Å². The monoisotopic (exact) mass is 222 g/mol. The highest BCUT2D eigenvalue weighted by Crippen LogP contribution is 2.27. The van der Waals surface area contributed by atoms with Crippen LogP contribution in [0.1, 0.15) is 5.82 Å². The fourth-order valence-electron chi connectivity index (χ4n) is 1.29. The third-order valence-electron chi connectivity index (χ3n) is 1.95. The van der Waals surface area contributed by atoms with Crippen LogP contribution in [-0.4, -0.2) is 32.1 Å². The molecule has 0 unspecified atom stereocenters. The van der Waals surface area contributed by atoms with Crippen molar-refractivity contribution in [3.63, 3.8) is 0 Å². The molecule has 6 nitrogen and oxygen atoms in total. The number of hydrogen-bond donors (Lipinski definition) is 3. The first-order chi connectivity index (χ1) is 7.69. The molecule has 0 amide bonds. The Morgan fingerprint density at radius 2 is 1.81 bits per heavy atom. The number of hydrogen-bond acceptors (Lipinski definition) is 6. The van der Waals surface area contributed by atoms with Crippen molar-refractivity contribution in [2.45, 2.75) is 6.42 Å². The van der Waals surface area contributed by atoms with Gasteiger partial charge in [0.2, 0.25) is 0 Å². The van der Waals surface area contributed by atoms with Crippen molar-refractivity contribution < 1.29 is 19.8 Å². The molecule has 1 aromatic carbocycles. The Labute approximate surface area is 90.8 Å². The molecule has 0 atom stereocenters. The number of benzene rings is 1. The van der Waals surface area contributed by atoms with E-state index < -0.39 is 0 Å². The first kappa shape index (κ1) is 10.4. The number of aromatic hydroxyl groups is 2. The zero-order valence-corrected chi connectivity index (χ0v) is 8.29. The second kappa shape index (κ2) is 4.19. The maximum atomic E-state index is 9.28. The van der Waals surface area contributed by atoms with Gasteiger partial charge in [0.05, 0.1) is 6.61 Å².